The average Bonchev–Trinajstić information content (AvgIpc) is 2.70. The summed E-state index contributed by atoms with van der Waals surface area (Å²) in [5.74, 6) is -0.125. The van der Waals surface area contributed by atoms with Gasteiger partial charge in [0.25, 0.3) is 5.91 Å². The van der Waals surface area contributed by atoms with Gasteiger partial charge in [0.15, 0.2) is 12.3 Å². The van der Waals surface area contributed by atoms with Crippen molar-refractivity contribution in [2.75, 3.05) is 11.9 Å². The summed E-state index contributed by atoms with van der Waals surface area (Å²) in [5, 5.41) is 4.91. The molecule has 4 nitrogen and oxygen atoms in total. The lowest BCUT2D eigenvalue weighted by molar-refractivity contribution is -0.676. The summed E-state index contributed by atoms with van der Waals surface area (Å²) in [6, 6.07) is 25.6. The topological polar surface area (TPSA) is 62.8 Å². The van der Waals surface area contributed by atoms with Crippen LogP contribution in [-0.4, -0.2) is 18.2 Å². The molecule has 0 aliphatic rings. The lowest BCUT2D eigenvalue weighted by Crippen LogP contribution is -2.87. The highest BCUT2D eigenvalue weighted by atomic mass is 16.2. The summed E-state index contributed by atoms with van der Waals surface area (Å²) >= 11 is 0. The molecule has 3 rings (SSSR count). The van der Waals surface area contributed by atoms with Crippen LogP contribution in [0.4, 0.5) is 5.69 Å². The van der Waals surface area contributed by atoms with E-state index in [1.165, 1.54) is 12.5 Å². The van der Waals surface area contributed by atoms with E-state index in [1.807, 2.05) is 23.5 Å². The number of amides is 1. The van der Waals surface area contributed by atoms with Crippen molar-refractivity contribution in [1.82, 2.24) is 0 Å². The number of carbonyl (C=O) groups is 2. The summed E-state index contributed by atoms with van der Waals surface area (Å²) in [5.41, 5.74) is 4.74. The summed E-state index contributed by atoms with van der Waals surface area (Å²) in [7, 11) is 0. The molecule has 1 atom stereocenters. The number of rotatable bonds is 7. The van der Waals surface area contributed by atoms with E-state index in [0.29, 0.717) is 11.3 Å². The Labute approximate surface area is 165 Å². The second kappa shape index (κ2) is 9.11. The number of aryl methyl sites for hydroxylation is 1. The molecule has 0 fully saturated rings. The Balaban J connectivity index is 1.71. The van der Waals surface area contributed by atoms with Crippen LogP contribution < -0.4 is 10.6 Å². The summed E-state index contributed by atoms with van der Waals surface area (Å²) in [4.78, 5) is 24.0. The van der Waals surface area contributed by atoms with Crippen LogP contribution in [0.1, 0.15) is 40.0 Å². The van der Waals surface area contributed by atoms with Crippen molar-refractivity contribution in [1.29, 1.82) is 0 Å². The van der Waals surface area contributed by atoms with Gasteiger partial charge in [0.2, 0.25) is 0 Å². The van der Waals surface area contributed by atoms with E-state index >= 15 is 0 Å². The molecule has 0 heterocycles. The lowest BCUT2D eigenvalue weighted by atomic mass is 9.98. The molecule has 0 unspecified atom stereocenters. The minimum atomic E-state index is -0.103. The highest BCUT2D eigenvalue weighted by molar-refractivity contribution is 5.97. The monoisotopic (exact) mass is 373 g/mol. The van der Waals surface area contributed by atoms with Crippen molar-refractivity contribution in [3.8, 4) is 0 Å². The smallest absolute Gasteiger partial charge is 0.279 e. The molecule has 1 amide bonds. The standard InChI is InChI=1S/C24H24N2O2/c1-17-11-13-20(14-12-17)24(19-7-4-3-5-8-19)25-16-23(28)26-22-10-6-9-21(15-22)18(2)27/h3-15,24-25H,16H2,1-2H3,(H,26,28)/p+1/t24-/m0/s1. The van der Waals surface area contributed by atoms with E-state index in [1.54, 1.807) is 24.3 Å². The Morgan fingerprint density at radius 1 is 0.893 bits per heavy atom. The van der Waals surface area contributed by atoms with Crippen LogP contribution in [-0.2, 0) is 4.79 Å². The van der Waals surface area contributed by atoms with Gasteiger partial charge >= 0.3 is 0 Å². The maximum Gasteiger partial charge on any atom is 0.279 e. The fraction of sp³-hybridized carbons (Fsp3) is 0.167. The molecule has 4 heteroatoms. The number of benzene rings is 3. The van der Waals surface area contributed by atoms with Gasteiger partial charge in [0, 0.05) is 22.4 Å². The van der Waals surface area contributed by atoms with Crippen LogP contribution in [0.15, 0.2) is 78.9 Å². The Morgan fingerprint density at radius 2 is 1.57 bits per heavy atom. The van der Waals surface area contributed by atoms with E-state index < -0.39 is 0 Å². The third-order valence-electron chi connectivity index (χ3n) is 4.69. The van der Waals surface area contributed by atoms with Gasteiger partial charge in [-0.05, 0) is 26.0 Å². The minimum absolute atomic E-state index is 0.0221. The maximum absolute atomic E-state index is 12.5. The number of carbonyl (C=O) groups excluding carboxylic acids is 2. The number of quaternary nitrogens is 1. The summed E-state index contributed by atoms with van der Waals surface area (Å²) in [6.45, 7) is 3.85. The molecule has 0 aliphatic heterocycles. The molecule has 0 aromatic heterocycles. The van der Waals surface area contributed by atoms with Crippen molar-refractivity contribution in [3.63, 3.8) is 0 Å². The third kappa shape index (κ3) is 5.15. The van der Waals surface area contributed by atoms with Crippen LogP contribution in [0.25, 0.3) is 0 Å². The molecule has 0 bridgehead atoms. The summed E-state index contributed by atoms with van der Waals surface area (Å²) < 4.78 is 0. The predicted octanol–water partition coefficient (Wildman–Crippen LogP) is 3.49. The Hall–Kier alpha value is -3.24. The first kappa shape index (κ1) is 19.5. The predicted molar refractivity (Wildman–Crippen MR) is 111 cm³/mol. The van der Waals surface area contributed by atoms with Gasteiger partial charge < -0.3 is 10.6 Å². The molecule has 3 N–H and O–H groups in total. The fourth-order valence-corrected chi connectivity index (χ4v) is 3.15. The van der Waals surface area contributed by atoms with Crippen LogP contribution >= 0.6 is 0 Å². The van der Waals surface area contributed by atoms with E-state index in [4.69, 9.17) is 0 Å². The second-order valence-corrected chi connectivity index (χ2v) is 6.92. The van der Waals surface area contributed by atoms with E-state index in [2.05, 4.69) is 48.6 Å². The Bertz CT molecular complexity index is 950. The quantitative estimate of drug-likeness (QED) is 0.623. The van der Waals surface area contributed by atoms with Gasteiger partial charge in [-0.25, -0.2) is 0 Å². The average molecular weight is 373 g/mol. The van der Waals surface area contributed by atoms with Gasteiger partial charge in [0.1, 0.15) is 6.04 Å². The Kier molecular flexibility index (Phi) is 6.35. The van der Waals surface area contributed by atoms with Crippen LogP contribution in [0, 0.1) is 6.92 Å². The van der Waals surface area contributed by atoms with Crippen LogP contribution in [0.2, 0.25) is 0 Å². The van der Waals surface area contributed by atoms with Gasteiger partial charge in [-0.1, -0.05) is 72.3 Å². The number of nitrogens with one attached hydrogen (secondary N) is 1. The van der Waals surface area contributed by atoms with Crippen LogP contribution in [0.5, 0.6) is 0 Å². The molecular formula is C24H25N2O2+. The number of ketones is 1. The maximum atomic E-state index is 12.5. The SMILES string of the molecule is CC(=O)c1cccc(NC(=O)C[NH2+][C@@H](c2ccccc2)c2ccc(C)cc2)c1. The zero-order valence-electron chi connectivity index (χ0n) is 16.2. The summed E-state index contributed by atoms with van der Waals surface area (Å²) in [6.07, 6.45) is 0. The third-order valence-corrected chi connectivity index (χ3v) is 4.69. The highest BCUT2D eigenvalue weighted by Crippen LogP contribution is 2.18. The minimum Gasteiger partial charge on any atom is -0.328 e. The molecule has 0 saturated carbocycles. The van der Waals surface area contributed by atoms with E-state index in [-0.39, 0.29) is 24.3 Å². The lowest BCUT2D eigenvalue weighted by Gasteiger charge is -2.17. The van der Waals surface area contributed by atoms with Gasteiger partial charge in [-0.2, -0.15) is 0 Å². The molecular weight excluding hydrogens is 348 g/mol. The van der Waals surface area contributed by atoms with Crippen molar-refractivity contribution in [2.24, 2.45) is 0 Å². The number of Topliss-reactive ketones (excluding diaryl/α,β-unsaturated/α-hetero) is 1. The molecule has 28 heavy (non-hydrogen) atoms. The zero-order valence-corrected chi connectivity index (χ0v) is 16.2. The fourth-order valence-electron chi connectivity index (χ4n) is 3.15. The van der Waals surface area contributed by atoms with Crippen molar-refractivity contribution in [2.45, 2.75) is 19.9 Å². The molecule has 142 valence electrons. The second-order valence-electron chi connectivity index (χ2n) is 6.92. The van der Waals surface area contributed by atoms with Crippen molar-refractivity contribution < 1.29 is 14.9 Å². The first-order chi connectivity index (χ1) is 13.5. The van der Waals surface area contributed by atoms with Gasteiger partial charge in [0.05, 0.1) is 0 Å². The molecule has 0 spiro atoms. The molecule has 3 aromatic rings. The highest BCUT2D eigenvalue weighted by Gasteiger charge is 2.19. The van der Waals surface area contributed by atoms with Gasteiger partial charge in [-0.3, -0.25) is 9.59 Å². The van der Waals surface area contributed by atoms with E-state index in [9.17, 15) is 9.59 Å². The molecule has 0 aliphatic carbocycles. The number of hydrogen-bond donors (Lipinski definition) is 2. The van der Waals surface area contributed by atoms with Gasteiger partial charge in [-0.15, -0.1) is 0 Å². The normalized spacial score (nSPS) is 11.6. The largest absolute Gasteiger partial charge is 0.328 e. The molecule has 3 aromatic carbocycles. The number of nitrogens with two attached hydrogens (primary N) is 1. The first-order valence-electron chi connectivity index (χ1n) is 9.38. The molecule has 0 saturated heterocycles. The molecule has 0 radical (unpaired) electrons. The van der Waals surface area contributed by atoms with Crippen molar-refractivity contribution >= 4 is 17.4 Å². The number of anilines is 1. The van der Waals surface area contributed by atoms with Crippen LogP contribution in [0.3, 0.4) is 0 Å². The van der Waals surface area contributed by atoms with Crippen molar-refractivity contribution in [3.05, 3.63) is 101 Å². The number of hydrogen-bond acceptors (Lipinski definition) is 2. The van der Waals surface area contributed by atoms with E-state index in [0.717, 1.165) is 11.1 Å². The zero-order chi connectivity index (χ0) is 19.9. The first-order valence-corrected chi connectivity index (χ1v) is 9.38. The Morgan fingerprint density at radius 3 is 2.25 bits per heavy atom.